The van der Waals surface area contributed by atoms with Gasteiger partial charge in [-0.1, -0.05) is 13.0 Å². The highest BCUT2D eigenvalue weighted by Crippen LogP contribution is 2.25. The van der Waals surface area contributed by atoms with Crippen molar-refractivity contribution in [3.05, 3.63) is 22.4 Å². The van der Waals surface area contributed by atoms with E-state index in [-0.39, 0.29) is 0 Å². The number of hydrogen-bond donors (Lipinski definition) is 1. The summed E-state index contributed by atoms with van der Waals surface area (Å²) in [6.45, 7) is 6.54. The molecule has 0 amide bonds. The van der Waals surface area contributed by atoms with Gasteiger partial charge in [-0.2, -0.15) is 0 Å². The van der Waals surface area contributed by atoms with E-state index < -0.39 is 0 Å². The third-order valence-corrected chi connectivity index (χ3v) is 5.00. The first-order valence-electron chi connectivity index (χ1n) is 6.94. The van der Waals surface area contributed by atoms with Crippen LogP contribution in [0.3, 0.4) is 0 Å². The fraction of sp³-hybridized carbons (Fsp3) is 0.714. The SMILES string of the molecule is CCN1CCCC1CN(C)C(CN)c1cccs1. The maximum Gasteiger partial charge on any atom is 0.0562 e. The number of hydrogen-bond acceptors (Lipinski definition) is 4. The van der Waals surface area contributed by atoms with Gasteiger partial charge in [0, 0.05) is 24.0 Å². The molecule has 18 heavy (non-hydrogen) atoms. The van der Waals surface area contributed by atoms with Crippen LogP contribution < -0.4 is 5.73 Å². The molecule has 0 radical (unpaired) electrons. The summed E-state index contributed by atoms with van der Waals surface area (Å²) in [6, 6.07) is 5.41. The summed E-state index contributed by atoms with van der Waals surface area (Å²) in [7, 11) is 2.21. The second kappa shape index (κ2) is 6.66. The molecule has 4 heteroatoms. The van der Waals surface area contributed by atoms with Crippen LogP contribution in [-0.2, 0) is 0 Å². The minimum absolute atomic E-state index is 0.379. The summed E-state index contributed by atoms with van der Waals surface area (Å²) in [6.07, 6.45) is 2.68. The third kappa shape index (κ3) is 3.12. The van der Waals surface area contributed by atoms with Gasteiger partial charge in [-0.25, -0.2) is 0 Å². The van der Waals surface area contributed by atoms with Crippen LogP contribution in [0.15, 0.2) is 17.5 Å². The maximum absolute atomic E-state index is 5.96. The van der Waals surface area contributed by atoms with Crippen LogP contribution in [0.4, 0.5) is 0 Å². The van der Waals surface area contributed by atoms with Crippen molar-refractivity contribution in [1.82, 2.24) is 9.80 Å². The van der Waals surface area contributed by atoms with E-state index in [0.29, 0.717) is 18.6 Å². The standard InChI is InChI=1S/C14H25N3S/c1-3-17-8-4-6-12(17)11-16(2)13(10-15)14-7-5-9-18-14/h5,7,9,12-13H,3-4,6,8,10-11,15H2,1-2H3. The molecule has 1 saturated heterocycles. The van der Waals surface area contributed by atoms with Crippen molar-refractivity contribution in [3.8, 4) is 0 Å². The van der Waals surface area contributed by atoms with Gasteiger partial charge in [-0.05, 0) is 44.4 Å². The van der Waals surface area contributed by atoms with E-state index in [1.165, 1.54) is 30.8 Å². The van der Waals surface area contributed by atoms with E-state index in [1.54, 1.807) is 0 Å². The van der Waals surface area contributed by atoms with Crippen molar-refractivity contribution >= 4 is 11.3 Å². The van der Waals surface area contributed by atoms with Crippen LogP contribution in [0.5, 0.6) is 0 Å². The highest BCUT2D eigenvalue weighted by molar-refractivity contribution is 7.10. The lowest BCUT2D eigenvalue weighted by molar-refractivity contribution is 0.167. The van der Waals surface area contributed by atoms with Gasteiger partial charge >= 0.3 is 0 Å². The largest absolute Gasteiger partial charge is 0.329 e. The number of nitrogens with two attached hydrogens (primary N) is 1. The van der Waals surface area contributed by atoms with Crippen LogP contribution in [0.2, 0.25) is 0 Å². The number of likely N-dealkylation sites (tertiary alicyclic amines) is 1. The van der Waals surface area contributed by atoms with E-state index in [2.05, 4.69) is 41.3 Å². The summed E-state index contributed by atoms with van der Waals surface area (Å²) in [4.78, 5) is 6.42. The van der Waals surface area contributed by atoms with Crippen molar-refractivity contribution in [2.75, 3.05) is 33.2 Å². The van der Waals surface area contributed by atoms with Gasteiger partial charge in [0.2, 0.25) is 0 Å². The number of thiophene rings is 1. The predicted molar refractivity (Wildman–Crippen MR) is 79.0 cm³/mol. The molecule has 2 atom stereocenters. The molecule has 2 rings (SSSR count). The number of likely N-dealkylation sites (N-methyl/N-ethyl adjacent to an activating group) is 2. The Morgan fingerprint density at radius 2 is 2.44 bits per heavy atom. The second-order valence-electron chi connectivity index (χ2n) is 5.13. The Morgan fingerprint density at radius 3 is 3.06 bits per heavy atom. The Labute approximate surface area is 115 Å². The Morgan fingerprint density at radius 1 is 1.61 bits per heavy atom. The molecule has 1 aromatic rings. The molecule has 0 aliphatic carbocycles. The van der Waals surface area contributed by atoms with Gasteiger partial charge < -0.3 is 5.73 Å². The molecule has 0 bridgehead atoms. The van der Waals surface area contributed by atoms with Crippen LogP contribution in [0, 0.1) is 0 Å². The molecule has 0 aromatic carbocycles. The lowest BCUT2D eigenvalue weighted by Crippen LogP contribution is -2.41. The van der Waals surface area contributed by atoms with Gasteiger partial charge in [0.15, 0.2) is 0 Å². The Kier molecular flexibility index (Phi) is 5.18. The zero-order valence-electron chi connectivity index (χ0n) is 11.5. The summed E-state index contributed by atoms with van der Waals surface area (Å²) < 4.78 is 0. The zero-order valence-corrected chi connectivity index (χ0v) is 12.3. The van der Waals surface area contributed by atoms with Crippen LogP contribution in [0.25, 0.3) is 0 Å². The lowest BCUT2D eigenvalue weighted by Gasteiger charge is -2.32. The normalized spacial score (nSPS) is 22.8. The summed E-state index contributed by atoms with van der Waals surface area (Å²) >= 11 is 1.81. The fourth-order valence-corrected chi connectivity index (χ4v) is 3.88. The average molecular weight is 267 g/mol. The molecule has 2 N–H and O–H groups in total. The lowest BCUT2D eigenvalue weighted by atomic mass is 10.1. The van der Waals surface area contributed by atoms with Gasteiger partial charge in [-0.3, -0.25) is 9.80 Å². The third-order valence-electron chi connectivity index (χ3n) is 4.03. The molecule has 0 saturated carbocycles. The summed E-state index contributed by atoms with van der Waals surface area (Å²) in [5.74, 6) is 0. The molecule has 1 aliphatic heterocycles. The summed E-state index contributed by atoms with van der Waals surface area (Å²) in [5, 5.41) is 2.14. The first-order valence-corrected chi connectivity index (χ1v) is 7.82. The van der Waals surface area contributed by atoms with Gasteiger partial charge in [0.05, 0.1) is 6.04 Å². The van der Waals surface area contributed by atoms with E-state index in [9.17, 15) is 0 Å². The highest BCUT2D eigenvalue weighted by Gasteiger charge is 2.26. The minimum Gasteiger partial charge on any atom is -0.329 e. The molecule has 1 fully saturated rings. The monoisotopic (exact) mass is 267 g/mol. The highest BCUT2D eigenvalue weighted by atomic mass is 32.1. The summed E-state index contributed by atoms with van der Waals surface area (Å²) in [5.41, 5.74) is 5.96. The molecule has 1 aromatic heterocycles. The Hall–Kier alpha value is -0.420. The second-order valence-corrected chi connectivity index (χ2v) is 6.11. The van der Waals surface area contributed by atoms with E-state index >= 15 is 0 Å². The van der Waals surface area contributed by atoms with E-state index in [0.717, 1.165) is 6.54 Å². The van der Waals surface area contributed by atoms with Crippen LogP contribution in [-0.4, -0.2) is 49.1 Å². The quantitative estimate of drug-likeness (QED) is 0.857. The Balaban J connectivity index is 1.95. The van der Waals surface area contributed by atoms with Crippen molar-refractivity contribution in [1.29, 1.82) is 0 Å². The molecule has 102 valence electrons. The fourth-order valence-electron chi connectivity index (χ4n) is 2.97. The van der Waals surface area contributed by atoms with Crippen molar-refractivity contribution < 1.29 is 0 Å². The van der Waals surface area contributed by atoms with Crippen LogP contribution in [0.1, 0.15) is 30.7 Å². The molecule has 0 spiro atoms. The molecule has 3 nitrogen and oxygen atoms in total. The minimum atomic E-state index is 0.379. The average Bonchev–Trinajstić information content (AvgIpc) is 3.01. The first-order chi connectivity index (χ1) is 8.76. The smallest absolute Gasteiger partial charge is 0.0562 e. The predicted octanol–water partition coefficient (Wildman–Crippen LogP) is 2.16. The number of rotatable bonds is 6. The first kappa shape index (κ1) is 14.0. The molecule has 2 heterocycles. The van der Waals surface area contributed by atoms with Crippen molar-refractivity contribution in [2.45, 2.75) is 31.8 Å². The van der Waals surface area contributed by atoms with Gasteiger partial charge in [0.1, 0.15) is 0 Å². The molecule has 1 aliphatic rings. The van der Waals surface area contributed by atoms with Crippen molar-refractivity contribution in [2.24, 2.45) is 5.73 Å². The van der Waals surface area contributed by atoms with Gasteiger partial charge in [0.25, 0.3) is 0 Å². The van der Waals surface area contributed by atoms with Crippen LogP contribution >= 0.6 is 11.3 Å². The molecule has 2 unspecified atom stereocenters. The zero-order chi connectivity index (χ0) is 13.0. The molecular weight excluding hydrogens is 242 g/mol. The van der Waals surface area contributed by atoms with Crippen molar-refractivity contribution in [3.63, 3.8) is 0 Å². The Bertz CT molecular complexity index is 339. The van der Waals surface area contributed by atoms with E-state index in [1.807, 2.05) is 11.3 Å². The molecular formula is C14H25N3S. The maximum atomic E-state index is 5.96. The van der Waals surface area contributed by atoms with Gasteiger partial charge in [-0.15, -0.1) is 11.3 Å². The van der Waals surface area contributed by atoms with E-state index in [4.69, 9.17) is 5.73 Å². The number of nitrogens with zero attached hydrogens (tertiary/aromatic N) is 2. The topological polar surface area (TPSA) is 32.5 Å².